The molecule has 5 heteroatoms. The van der Waals surface area contributed by atoms with Gasteiger partial charge in [0.25, 0.3) is 0 Å². The van der Waals surface area contributed by atoms with Crippen molar-refractivity contribution in [3.8, 4) is 0 Å². The van der Waals surface area contributed by atoms with Crippen molar-refractivity contribution in [2.45, 2.75) is 0 Å². The number of fused-ring (bicyclic) bond motifs is 4. The summed E-state index contributed by atoms with van der Waals surface area (Å²) in [5.41, 5.74) is 7.64. The van der Waals surface area contributed by atoms with E-state index in [9.17, 15) is 9.59 Å². The average molecular weight is 632 g/mol. The first kappa shape index (κ1) is 28.5. The zero-order valence-electron chi connectivity index (χ0n) is 26.4. The molecule has 9 aromatic rings. The molecule has 7 aromatic carbocycles. The Bertz CT molecular complexity index is 2480. The van der Waals surface area contributed by atoms with Gasteiger partial charge in [-0.3, -0.25) is 9.59 Å². The lowest BCUT2D eigenvalue weighted by Gasteiger charge is -2.26. The quantitative estimate of drug-likeness (QED) is 0.135. The van der Waals surface area contributed by atoms with Crippen LogP contribution in [0.15, 0.2) is 186 Å². The molecule has 0 atom stereocenters. The molecule has 0 unspecified atom stereocenters. The van der Waals surface area contributed by atoms with E-state index in [1.807, 2.05) is 115 Å². The molecular formula is C44H29N3O2. The van der Waals surface area contributed by atoms with Gasteiger partial charge in [0.2, 0.25) is 0 Å². The average Bonchev–Trinajstić information content (AvgIpc) is 3.17. The van der Waals surface area contributed by atoms with Gasteiger partial charge in [-0.15, -0.1) is 0 Å². The zero-order valence-corrected chi connectivity index (χ0v) is 26.4. The van der Waals surface area contributed by atoms with Crippen LogP contribution in [0, 0.1) is 0 Å². The number of nitrogens with zero attached hydrogens (tertiary/aromatic N) is 3. The number of hydrogen-bond donors (Lipinski definition) is 0. The number of anilines is 6. The van der Waals surface area contributed by atoms with Gasteiger partial charge in [-0.05, 0) is 97.1 Å². The summed E-state index contributed by atoms with van der Waals surface area (Å²) in [4.78, 5) is 32.9. The van der Waals surface area contributed by atoms with Crippen molar-refractivity contribution in [1.82, 2.24) is 4.40 Å². The Morgan fingerprint density at radius 3 is 1.02 bits per heavy atom. The topological polar surface area (TPSA) is 45.0 Å². The fourth-order valence-corrected chi connectivity index (χ4v) is 7.09. The molecule has 0 fully saturated rings. The van der Waals surface area contributed by atoms with E-state index in [1.54, 1.807) is 0 Å². The summed E-state index contributed by atoms with van der Waals surface area (Å²) in [5.74, 6) is 0. The molecule has 0 bridgehead atoms. The van der Waals surface area contributed by atoms with Crippen LogP contribution >= 0.6 is 0 Å². The van der Waals surface area contributed by atoms with Crippen LogP contribution in [0.1, 0.15) is 0 Å². The highest BCUT2D eigenvalue weighted by atomic mass is 16.1. The normalized spacial score (nSPS) is 11.4. The van der Waals surface area contributed by atoms with E-state index in [1.165, 1.54) is 0 Å². The monoisotopic (exact) mass is 631 g/mol. The first-order valence-corrected chi connectivity index (χ1v) is 16.3. The Morgan fingerprint density at radius 1 is 0.327 bits per heavy atom. The standard InChI is InChI=1S/C44H29N3O2/c48-43-36-22-13-23-37-42(36)47(40-26-24-34(28-38(40)43)45(30-14-5-1-6-15-30)31-16-7-2-8-17-31)41-27-25-35(29-39(41)44(37)49)46(32-18-9-3-10-19-32)33-20-11-4-12-21-33/h1-29H. The Balaban J connectivity index is 1.33. The summed E-state index contributed by atoms with van der Waals surface area (Å²) in [5, 5.41) is 2.20. The van der Waals surface area contributed by atoms with Crippen LogP contribution in [0.4, 0.5) is 34.1 Å². The molecule has 0 amide bonds. The van der Waals surface area contributed by atoms with Crippen molar-refractivity contribution in [3.63, 3.8) is 0 Å². The molecule has 0 aliphatic heterocycles. The van der Waals surface area contributed by atoms with Crippen molar-refractivity contribution >= 4 is 72.2 Å². The molecule has 0 saturated heterocycles. The highest BCUT2D eigenvalue weighted by molar-refractivity contribution is 6.08. The minimum absolute atomic E-state index is 0.0989. The van der Waals surface area contributed by atoms with Crippen LogP contribution in [-0.2, 0) is 0 Å². The maximum absolute atomic E-state index is 14.3. The molecule has 5 nitrogen and oxygen atoms in total. The van der Waals surface area contributed by atoms with Gasteiger partial charge >= 0.3 is 0 Å². The summed E-state index contributed by atoms with van der Waals surface area (Å²) in [6, 6.07) is 58.1. The second-order valence-corrected chi connectivity index (χ2v) is 12.1. The van der Waals surface area contributed by atoms with Crippen LogP contribution in [0.3, 0.4) is 0 Å². The van der Waals surface area contributed by atoms with Crippen molar-refractivity contribution in [2.24, 2.45) is 0 Å². The van der Waals surface area contributed by atoms with Crippen molar-refractivity contribution in [2.75, 3.05) is 9.80 Å². The number of aromatic nitrogens is 1. The molecule has 0 spiro atoms. The van der Waals surface area contributed by atoms with Crippen molar-refractivity contribution in [3.05, 3.63) is 196 Å². The predicted molar refractivity (Wildman–Crippen MR) is 203 cm³/mol. The molecule has 2 aromatic heterocycles. The molecule has 0 N–H and O–H groups in total. The van der Waals surface area contributed by atoms with E-state index in [0.717, 1.165) is 45.2 Å². The molecule has 0 aliphatic carbocycles. The molecule has 49 heavy (non-hydrogen) atoms. The molecule has 0 aliphatic rings. The Hall–Kier alpha value is -6.72. The maximum Gasteiger partial charge on any atom is 0.197 e. The van der Waals surface area contributed by atoms with E-state index in [0.29, 0.717) is 27.1 Å². The third-order valence-electron chi connectivity index (χ3n) is 9.25. The van der Waals surface area contributed by atoms with E-state index in [4.69, 9.17) is 0 Å². The van der Waals surface area contributed by atoms with Crippen molar-refractivity contribution < 1.29 is 0 Å². The van der Waals surface area contributed by atoms with Gasteiger partial charge in [-0.1, -0.05) is 78.9 Å². The third kappa shape index (κ3) is 4.63. The smallest absolute Gasteiger partial charge is 0.197 e. The maximum atomic E-state index is 14.3. The molecule has 9 rings (SSSR count). The molecule has 0 radical (unpaired) electrons. The molecule has 0 saturated carbocycles. The fourth-order valence-electron chi connectivity index (χ4n) is 7.09. The summed E-state index contributed by atoms with van der Waals surface area (Å²) < 4.78 is 2.09. The second kappa shape index (κ2) is 11.5. The lowest BCUT2D eigenvalue weighted by atomic mass is 10.0. The first-order chi connectivity index (χ1) is 24.2. The van der Waals surface area contributed by atoms with Crippen molar-refractivity contribution in [1.29, 1.82) is 0 Å². The van der Waals surface area contributed by atoms with E-state index >= 15 is 0 Å². The van der Waals surface area contributed by atoms with Gasteiger partial charge in [-0.25, -0.2) is 0 Å². The summed E-state index contributed by atoms with van der Waals surface area (Å²) in [6.45, 7) is 0. The highest BCUT2D eigenvalue weighted by Gasteiger charge is 2.21. The van der Waals surface area contributed by atoms with E-state index < -0.39 is 0 Å². The lowest BCUT2D eigenvalue weighted by molar-refractivity contribution is 1.26. The Morgan fingerprint density at radius 2 is 0.673 bits per heavy atom. The molecular weight excluding hydrogens is 603 g/mol. The number of rotatable bonds is 6. The fraction of sp³-hybridized carbons (Fsp3) is 0. The van der Waals surface area contributed by atoms with Crippen LogP contribution in [0.5, 0.6) is 0 Å². The van der Waals surface area contributed by atoms with Gasteiger partial charge in [-0.2, -0.15) is 0 Å². The molecule has 232 valence electrons. The van der Waals surface area contributed by atoms with Crippen LogP contribution in [0.25, 0.3) is 38.1 Å². The highest BCUT2D eigenvalue weighted by Crippen LogP contribution is 2.38. The largest absolute Gasteiger partial charge is 0.310 e. The zero-order chi connectivity index (χ0) is 32.9. The Kier molecular flexibility index (Phi) is 6.69. The summed E-state index contributed by atoms with van der Waals surface area (Å²) >= 11 is 0. The van der Waals surface area contributed by atoms with Gasteiger partial charge in [0, 0.05) is 55.7 Å². The summed E-state index contributed by atoms with van der Waals surface area (Å²) in [7, 11) is 0. The lowest BCUT2D eigenvalue weighted by Crippen LogP contribution is -2.16. The van der Waals surface area contributed by atoms with Gasteiger partial charge in [0.15, 0.2) is 10.9 Å². The third-order valence-corrected chi connectivity index (χ3v) is 9.25. The van der Waals surface area contributed by atoms with E-state index in [2.05, 4.69) is 74.9 Å². The Labute approximate surface area is 282 Å². The van der Waals surface area contributed by atoms with Crippen LogP contribution < -0.4 is 20.7 Å². The minimum Gasteiger partial charge on any atom is -0.310 e. The van der Waals surface area contributed by atoms with Gasteiger partial charge in [0.1, 0.15) is 0 Å². The molecule has 2 heterocycles. The van der Waals surface area contributed by atoms with Gasteiger partial charge < -0.3 is 14.2 Å². The predicted octanol–water partition coefficient (Wildman–Crippen LogP) is 10.5. The number of benzene rings is 7. The number of pyridine rings is 2. The van der Waals surface area contributed by atoms with Crippen LogP contribution in [0.2, 0.25) is 0 Å². The number of hydrogen-bond acceptors (Lipinski definition) is 4. The number of para-hydroxylation sites is 5. The van der Waals surface area contributed by atoms with Gasteiger partial charge in [0.05, 0.1) is 16.6 Å². The van der Waals surface area contributed by atoms with Crippen LogP contribution in [-0.4, -0.2) is 4.40 Å². The second-order valence-electron chi connectivity index (χ2n) is 12.1. The minimum atomic E-state index is -0.0989. The van der Waals surface area contributed by atoms with E-state index in [-0.39, 0.29) is 10.9 Å². The first-order valence-electron chi connectivity index (χ1n) is 16.3. The SMILES string of the molecule is O=c1c2cc(N(c3ccccc3)c3ccccc3)ccc2n2c3ccc(N(c4ccccc4)c4ccccc4)cc3c(=O)c3cccc1c32. The summed E-state index contributed by atoms with van der Waals surface area (Å²) in [6.07, 6.45) is 0.